The molecule has 7 heteroatoms. The van der Waals surface area contributed by atoms with Crippen molar-refractivity contribution in [2.75, 3.05) is 0 Å². The van der Waals surface area contributed by atoms with Crippen LogP contribution in [0.15, 0.2) is 164 Å². The Bertz CT molecular complexity index is 3150. The Labute approximate surface area is 312 Å². The SMILES string of the molecule is c1ccc(-c2nc(-c3ccc4c(c3)c3ccccc3n4-c3ccccc3)nc(-c3cccc4sc5c(-c6nc7ccccc7s6)cccc5c34)n2)cc1. The molecule has 11 rings (SSSR count). The average Bonchev–Trinajstić information content (AvgIpc) is 3.93. The van der Waals surface area contributed by atoms with E-state index in [-0.39, 0.29) is 0 Å². The van der Waals surface area contributed by atoms with Gasteiger partial charge in [-0.1, -0.05) is 109 Å². The lowest BCUT2D eigenvalue weighted by Crippen LogP contribution is -2.00. The third kappa shape index (κ3) is 4.89. The lowest BCUT2D eigenvalue weighted by molar-refractivity contribution is 1.08. The Morgan fingerprint density at radius 1 is 0.415 bits per heavy atom. The van der Waals surface area contributed by atoms with Crippen molar-refractivity contribution in [3.05, 3.63) is 164 Å². The van der Waals surface area contributed by atoms with Gasteiger partial charge in [-0.3, -0.25) is 0 Å². The zero-order chi connectivity index (χ0) is 34.9. The van der Waals surface area contributed by atoms with Gasteiger partial charge in [-0.15, -0.1) is 22.7 Å². The lowest BCUT2D eigenvalue weighted by Gasteiger charge is -2.10. The molecule has 4 heterocycles. The van der Waals surface area contributed by atoms with E-state index >= 15 is 0 Å². The van der Waals surface area contributed by atoms with Crippen molar-refractivity contribution in [2.24, 2.45) is 0 Å². The summed E-state index contributed by atoms with van der Waals surface area (Å²) in [4.78, 5) is 20.6. The fraction of sp³-hybridized carbons (Fsp3) is 0. The summed E-state index contributed by atoms with van der Waals surface area (Å²) in [6.45, 7) is 0. The van der Waals surface area contributed by atoms with Crippen molar-refractivity contribution in [3.8, 4) is 50.4 Å². The van der Waals surface area contributed by atoms with Crippen LogP contribution in [0.2, 0.25) is 0 Å². The molecular weight excluding hydrogens is 687 g/mol. The quantitative estimate of drug-likeness (QED) is 0.178. The van der Waals surface area contributed by atoms with Crippen LogP contribution < -0.4 is 0 Å². The highest BCUT2D eigenvalue weighted by Gasteiger charge is 2.20. The highest BCUT2D eigenvalue weighted by Crippen LogP contribution is 2.45. The first-order valence-electron chi connectivity index (χ1n) is 17.5. The molecule has 0 unspecified atom stereocenters. The maximum Gasteiger partial charge on any atom is 0.164 e. The molecule has 248 valence electrons. The van der Waals surface area contributed by atoms with Crippen LogP contribution in [-0.4, -0.2) is 24.5 Å². The van der Waals surface area contributed by atoms with Crippen molar-refractivity contribution < 1.29 is 0 Å². The van der Waals surface area contributed by atoms with Gasteiger partial charge in [0.2, 0.25) is 0 Å². The number of fused-ring (bicyclic) bond motifs is 7. The van der Waals surface area contributed by atoms with E-state index in [1.165, 1.54) is 24.9 Å². The first kappa shape index (κ1) is 30.1. The van der Waals surface area contributed by atoms with E-state index in [4.69, 9.17) is 19.9 Å². The first-order chi connectivity index (χ1) is 26.3. The largest absolute Gasteiger partial charge is 0.309 e. The fourth-order valence-corrected chi connectivity index (χ4v) is 9.80. The molecule has 0 saturated carbocycles. The van der Waals surface area contributed by atoms with Crippen LogP contribution in [0.3, 0.4) is 0 Å². The third-order valence-corrected chi connectivity index (χ3v) is 12.2. The molecule has 0 fully saturated rings. The Morgan fingerprint density at radius 2 is 1.08 bits per heavy atom. The van der Waals surface area contributed by atoms with Crippen LogP contribution in [0.25, 0.3) is 103 Å². The van der Waals surface area contributed by atoms with Gasteiger partial charge in [0.05, 0.1) is 21.3 Å². The van der Waals surface area contributed by atoms with E-state index in [0.29, 0.717) is 17.5 Å². The van der Waals surface area contributed by atoms with Crippen molar-refractivity contribution in [1.29, 1.82) is 0 Å². The average molecular weight is 714 g/mol. The molecule has 4 aromatic heterocycles. The molecule has 0 aliphatic carbocycles. The fourth-order valence-electron chi connectivity index (χ4n) is 7.50. The summed E-state index contributed by atoms with van der Waals surface area (Å²) in [5.74, 6) is 1.93. The van der Waals surface area contributed by atoms with E-state index in [0.717, 1.165) is 60.3 Å². The summed E-state index contributed by atoms with van der Waals surface area (Å²) in [7, 11) is 0. The van der Waals surface area contributed by atoms with Gasteiger partial charge in [0.1, 0.15) is 5.01 Å². The number of benzene rings is 7. The number of nitrogens with zero attached hydrogens (tertiary/aromatic N) is 5. The molecule has 5 nitrogen and oxygen atoms in total. The van der Waals surface area contributed by atoms with Crippen LogP contribution in [0.4, 0.5) is 0 Å². The summed E-state index contributed by atoms with van der Waals surface area (Å²) in [6.07, 6.45) is 0. The van der Waals surface area contributed by atoms with Crippen molar-refractivity contribution in [1.82, 2.24) is 24.5 Å². The molecule has 7 aromatic carbocycles. The van der Waals surface area contributed by atoms with E-state index in [1.807, 2.05) is 24.3 Å². The van der Waals surface area contributed by atoms with Crippen LogP contribution >= 0.6 is 22.7 Å². The van der Waals surface area contributed by atoms with E-state index in [1.54, 1.807) is 22.7 Å². The summed E-state index contributed by atoms with van der Waals surface area (Å²) >= 11 is 3.54. The van der Waals surface area contributed by atoms with Crippen LogP contribution in [-0.2, 0) is 0 Å². The standard InChI is InChI=1S/C46H27N5S2/c1-3-13-28(14-4-1)43-48-44(29-25-26-38-35(27-29)31-17-7-9-22-37(31)51(38)30-15-5-2-6-16-30)50-45(49-43)33-19-12-24-40-41(33)32-18-11-20-34(42(32)52-40)46-47-36-21-8-10-23-39(36)53-46/h1-27H. The summed E-state index contributed by atoms with van der Waals surface area (Å²) in [6, 6.07) is 57.2. The number of thiazole rings is 1. The molecule has 53 heavy (non-hydrogen) atoms. The molecule has 0 aliphatic rings. The van der Waals surface area contributed by atoms with Crippen molar-refractivity contribution >= 4 is 74.9 Å². The molecule has 0 amide bonds. The number of hydrogen-bond donors (Lipinski definition) is 0. The highest BCUT2D eigenvalue weighted by molar-refractivity contribution is 7.27. The normalized spacial score (nSPS) is 11.8. The van der Waals surface area contributed by atoms with E-state index in [9.17, 15) is 0 Å². The Balaban J connectivity index is 1.13. The summed E-state index contributed by atoms with van der Waals surface area (Å²) in [5, 5.41) is 5.69. The summed E-state index contributed by atoms with van der Waals surface area (Å²) < 4.78 is 5.92. The van der Waals surface area contributed by atoms with Gasteiger partial charge in [-0.25, -0.2) is 19.9 Å². The Morgan fingerprint density at radius 3 is 1.94 bits per heavy atom. The zero-order valence-corrected chi connectivity index (χ0v) is 29.8. The van der Waals surface area contributed by atoms with Gasteiger partial charge in [0, 0.05) is 58.9 Å². The molecule has 0 radical (unpaired) electrons. The number of rotatable bonds is 5. The first-order valence-corrected chi connectivity index (χ1v) is 19.1. The molecule has 0 bridgehead atoms. The Hall–Kier alpha value is -6.54. The maximum absolute atomic E-state index is 5.26. The van der Waals surface area contributed by atoms with Crippen LogP contribution in [0, 0.1) is 0 Å². The molecule has 0 aliphatic heterocycles. The minimum absolute atomic E-state index is 0.638. The molecule has 0 atom stereocenters. The smallest absolute Gasteiger partial charge is 0.164 e. The monoisotopic (exact) mass is 713 g/mol. The van der Waals surface area contributed by atoms with Gasteiger partial charge >= 0.3 is 0 Å². The molecule has 0 N–H and O–H groups in total. The third-order valence-electron chi connectivity index (χ3n) is 9.90. The Kier molecular flexibility index (Phi) is 6.83. The van der Waals surface area contributed by atoms with E-state index < -0.39 is 0 Å². The van der Waals surface area contributed by atoms with Gasteiger partial charge in [-0.05, 0) is 54.6 Å². The lowest BCUT2D eigenvalue weighted by atomic mass is 10.0. The predicted molar refractivity (Wildman–Crippen MR) is 222 cm³/mol. The second-order valence-electron chi connectivity index (χ2n) is 13.0. The highest BCUT2D eigenvalue weighted by atomic mass is 32.1. The number of hydrogen-bond acceptors (Lipinski definition) is 6. The molecule has 11 aromatic rings. The number of thiophene rings is 1. The van der Waals surface area contributed by atoms with Crippen LogP contribution in [0.1, 0.15) is 0 Å². The predicted octanol–water partition coefficient (Wildman–Crippen LogP) is 12.6. The van der Waals surface area contributed by atoms with Gasteiger partial charge in [0.15, 0.2) is 17.5 Å². The number of para-hydroxylation sites is 3. The van der Waals surface area contributed by atoms with Gasteiger partial charge in [-0.2, -0.15) is 0 Å². The van der Waals surface area contributed by atoms with Gasteiger partial charge < -0.3 is 4.57 Å². The van der Waals surface area contributed by atoms with Crippen molar-refractivity contribution in [2.45, 2.75) is 0 Å². The second-order valence-corrected chi connectivity index (χ2v) is 15.1. The minimum Gasteiger partial charge on any atom is -0.309 e. The zero-order valence-electron chi connectivity index (χ0n) is 28.1. The number of aromatic nitrogens is 5. The molecule has 0 saturated heterocycles. The van der Waals surface area contributed by atoms with Crippen LogP contribution in [0.5, 0.6) is 0 Å². The maximum atomic E-state index is 5.26. The molecular formula is C46H27N5S2. The van der Waals surface area contributed by atoms with Crippen molar-refractivity contribution in [3.63, 3.8) is 0 Å². The van der Waals surface area contributed by atoms with E-state index in [2.05, 4.69) is 144 Å². The topological polar surface area (TPSA) is 56.5 Å². The van der Waals surface area contributed by atoms with Gasteiger partial charge in [0.25, 0.3) is 0 Å². The minimum atomic E-state index is 0.638. The second kappa shape index (κ2) is 12.0. The molecule has 0 spiro atoms. The summed E-state index contributed by atoms with van der Waals surface area (Å²) in [5.41, 5.74) is 8.47.